The summed E-state index contributed by atoms with van der Waals surface area (Å²) in [6.45, 7) is 0.928. The van der Waals surface area contributed by atoms with Crippen LogP contribution in [0.4, 0.5) is 10.1 Å². The number of hydrogen-bond acceptors (Lipinski definition) is 3. The van der Waals surface area contributed by atoms with Gasteiger partial charge in [-0.05, 0) is 41.3 Å². The average molecular weight is 243 g/mol. The maximum absolute atomic E-state index is 13.1. The molecule has 1 aromatic carbocycles. The Kier molecular flexibility index (Phi) is 2.72. The van der Waals surface area contributed by atoms with Gasteiger partial charge in [0, 0.05) is 25.9 Å². The molecule has 3 nitrogen and oxygen atoms in total. The number of anilines is 1. The molecule has 0 aliphatic carbocycles. The summed E-state index contributed by atoms with van der Waals surface area (Å²) in [7, 11) is 2.00. The molecule has 2 aromatic rings. The summed E-state index contributed by atoms with van der Waals surface area (Å²) >= 11 is 0. The molecule has 1 aliphatic rings. The Bertz CT molecular complexity index is 583. The van der Waals surface area contributed by atoms with Crippen molar-refractivity contribution >= 4 is 5.69 Å². The molecule has 0 bridgehead atoms. The monoisotopic (exact) mass is 243 g/mol. The largest absolute Gasteiger partial charge is 0.311 e. The number of nitrogens with zero attached hydrogens (tertiary/aromatic N) is 2. The SMILES string of the molecule is CN1NCCc2cc(-c3ccnc(F)c3)ccc21. The summed E-state index contributed by atoms with van der Waals surface area (Å²) in [6.07, 6.45) is 2.48. The van der Waals surface area contributed by atoms with Gasteiger partial charge in [0.25, 0.3) is 0 Å². The van der Waals surface area contributed by atoms with Crippen LogP contribution in [0.15, 0.2) is 36.5 Å². The summed E-state index contributed by atoms with van der Waals surface area (Å²) in [5, 5.41) is 2.02. The standard InChI is InChI=1S/C14H14FN3/c1-18-13-3-2-10(8-12(13)5-7-17-18)11-4-6-16-14(15)9-11/h2-4,6,8-9,17H,5,7H2,1H3. The average Bonchev–Trinajstić information content (AvgIpc) is 2.39. The molecule has 1 aliphatic heterocycles. The number of halogens is 1. The van der Waals surface area contributed by atoms with Gasteiger partial charge in [-0.25, -0.2) is 10.4 Å². The Morgan fingerprint density at radius 2 is 2.06 bits per heavy atom. The number of rotatable bonds is 1. The second kappa shape index (κ2) is 4.38. The molecule has 0 unspecified atom stereocenters. The van der Waals surface area contributed by atoms with Crippen molar-refractivity contribution in [3.8, 4) is 11.1 Å². The molecule has 92 valence electrons. The minimum absolute atomic E-state index is 0.441. The van der Waals surface area contributed by atoms with E-state index in [0.717, 1.165) is 24.1 Å². The minimum Gasteiger partial charge on any atom is -0.311 e. The molecular formula is C14H14FN3. The first-order chi connectivity index (χ1) is 8.74. The van der Waals surface area contributed by atoms with Crippen molar-refractivity contribution in [3.63, 3.8) is 0 Å². The second-order valence-electron chi connectivity index (χ2n) is 4.43. The van der Waals surface area contributed by atoms with Crippen LogP contribution in [0, 0.1) is 5.95 Å². The molecule has 0 fully saturated rings. The first kappa shape index (κ1) is 11.2. The number of pyridine rings is 1. The maximum atomic E-state index is 13.1. The molecule has 18 heavy (non-hydrogen) atoms. The Hall–Kier alpha value is -1.94. The molecule has 4 heteroatoms. The number of aromatic nitrogens is 1. The first-order valence-electron chi connectivity index (χ1n) is 5.96. The number of benzene rings is 1. The fourth-order valence-corrected chi connectivity index (χ4v) is 2.32. The molecule has 0 saturated heterocycles. The zero-order chi connectivity index (χ0) is 12.5. The topological polar surface area (TPSA) is 28.2 Å². The lowest BCUT2D eigenvalue weighted by Crippen LogP contribution is -2.40. The van der Waals surface area contributed by atoms with Crippen LogP contribution in [-0.4, -0.2) is 18.6 Å². The van der Waals surface area contributed by atoms with E-state index in [1.807, 2.05) is 24.2 Å². The molecule has 0 amide bonds. The summed E-state index contributed by atoms with van der Waals surface area (Å²) in [4.78, 5) is 3.58. The normalized spacial score (nSPS) is 14.4. The smallest absolute Gasteiger partial charge is 0.213 e. The Morgan fingerprint density at radius 1 is 1.22 bits per heavy atom. The molecular weight excluding hydrogens is 229 g/mol. The van der Waals surface area contributed by atoms with E-state index in [4.69, 9.17) is 0 Å². The van der Waals surface area contributed by atoms with Gasteiger partial charge in [-0.3, -0.25) is 0 Å². The Morgan fingerprint density at radius 3 is 2.89 bits per heavy atom. The highest BCUT2D eigenvalue weighted by molar-refractivity contribution is 5.69. The molecule has 3 rings (SSSR count). The van der Waals surface area contributed by atoms with E-state index < -0.39 is 5.95 Å². The number of hydrazine groups is 1. The molecule has 1 aromatic heterocycles. The third-order valence-corrected chi connectivity index (χ3v) is 3.24. The van der Waals surface area contributed by atoms with Crippen molar-refractivity contribution in [3.05, 3.63) is 48.0 Å². The highest BCUT2D eigenvalue weighted by Crippen LogP contribution is 2.28. The third-order valence-electron chi connectivity index (χ3n) is 3.24. The van der Waals surface area contributed by atoms with Crippen molar-refractivity contribution < 1.29 is 4.39 Å². The fourth-order valence-electron chi connectivity index (χ4n) is 2.32. The second-order valence-corrected chi connectivity index (χ2v) is 4.43. The van der Waals surface area contributed by atoms with Crippen molar-refractivity contribution in [1.29, 1.82) is 0 Å². The van der Waals surface area contributed by atoms with Gasteiger partial charge < -0.3 is 5.01 Å². The van der Waals surface area contributed by atoms with Crippen molar-refractivity contribution in [2.45, 2.75) is 6.42 Å². The molecule has 0 saturated carbocycles. The zero-order valence-corrected chi connectivity index (χ0v) is 10.2. The molecule has 0 spiro atoms. The van der Waals surface area contributed by atoms with Crippen LogP contribution in [0.25, 0.3) is 11.1 Å². The highest BCUT2D eigenvalue weighted by Gasteiger charge is 2.13. The van der Waals surface area contributed by atoms with Crippen molar-refractivity contribution in [1.82, 2.24) is 10.4 Å². The first-order valence-corrected chi connectivity index (χ1v) is 5.96. The number of fused-ring (bicyclic) bond motifs is 1. The van der Waals surface area contributed by atoms with Gasteiger partial charge in [0.05, 0.1) is 5.69 Å². The summed E-state index contributed by atoms with van der Waals surface area (Å²) in [6, 6.07) is 9.50. The van der Waals surface area contributed by atoms with Crippen molar-refractivity contribution in [2.24, 2.45) is 0 Å². The van der Waals surface area contributed by atoms with Gasteiger partial charge in [0.1, 0.15) is 0 Å². The minimum atomic E-state index is -0.441. The lowest BCUT2D eigenvalue weighted by Gasteiger charge is -2.28. The van der Waals surface area contributed by atoms with E-state index in [1.54, 1.807) is 0 Å². The van der Waals surface area contributed by atoms with Gasteiger partial charge in [0.2, 0.25) is 5.95 Å². The molecule has 0 radical (unpaired) electrons. The van der Waals surface area contributed by atoms with E-state index in [2.05, 4.69) is 22.5 Å². The van der Waals surface area contributed by atoms with Gasteiger partial charge >= 0.3 is 0 Å². The predicted octanol–water partition coefficient (Wildman–Crippen LogP) is 2.38. The molecule has 0 atom stereocenters. The van der Waals surface area contributed by atoms with E-state index >= 15 is 0 Å². The Balaban J connectivity index is 2.04. The van der Waals surface area contributed by atoms with E-state index in [-0.39, 0.29) is 0 Å². The van der Waals surface area contributed by atoms with Crippen LogP contribution in [0.3, 0.4) is 0 Å². The summed E-state index contributed by atoms with van der Waals surface area (Å²) in [5.41, 5.74) is 7.63. The van der Waals surface area contributed by atoms with Gasteiger partial charge in [-0.15, -0.1) is 0 Å². The Labute approximate surface area is 105 Å². The summed E-state index contributed by atoms with van der Waals surface area (Å²) < 4.78 is 13.1. The van der Waals surface area contributed by atoms with E-state index in [0.29, 0.717) is 0 Å². The summed E-state index contributed by atoms with van der Waals surface area (Å²) in [5.74, 6) is -0.441. The van der Waals surface area contributed by atoms with Gasteiger partial charge in [-0.1, -0.05) is 6.07 Å². The van der Waals surface area contributed by atoms with Crippen molar-refractivity contribution in [2.75, 3.05) is 18.6 Å². The van der Waals surface area contributed by atoms with Crippen LogP contribution < -0.4 is 10.4 Å². The lowest BCUT2D eigenvalue weighted by molar-refractivity contribution is 0.584. The lowest BCUT2D eigenvalue weighted by atomic mass is 10.00. The van der Waals surface area contributed by atoms with Crippen LogP contribution in [0.1, 0.15) is 5.56 Å². The van der Waals surface area contributed by atoms with Crippen LogP contribution in [-0.2, 0) is 6.42 Å². The quantitative estimate of drug-likeness (QED) is 0.779. The highest BCUT2D eigenvalue weighted by atomic mass is 19.1. The van der Waals surface area contributed by atoms with E-state index in [1.165, 1.54) is 23.5 Å². The van der Waals surface area contributed by atoms with E-state index in [9.17, 15) is 4.39 Å². The molecule has 2 heterocycles. The predicted molar refractivity (Wildman–Crippen MR) is 69.7 cm³/mol. The number of nitrogens with one attached hydrogen (secondary N) is 1. The number of hydrogen-bond donors (Lipinski definition) is 1. The maximum Gasteiger partial charge on any atom is 0.213 e. The van der Waals surface area contributed by atoms with Crippen LogP contribution in [0.2, 0.25) is 0 Å². The van der Waals surface area contributed by atoms with Crippen LogP contribution >= 0.6 is 0 Å². The van der Waals surface area contributed by atoms with Gasteiger partial charge in [0.15, 0.2) is 0 Å². The van der Waals surface area contributed by atoms with Crippen LogP contribution in [0.5, 0.6) is 0 Å². The zero-order valence-electron chi connectivity index (χ0n) is 10.2. The molecule has 1 N–H and O–H groups in total. The fraction of sp³-hybridized carbons (Fsp3) is 0.214. The third kappa shape index (κ3) is 1.95. The van der Waals surface area contributed by atoms with Gasteiger partial charge in [-0.2, -0.15) is 4.39 Å².